The van der Waals surface area contributed by atoms with Crippen molar-refractivity contribution in [2.45, 2.75) is 31.1 Å². The Labute approximate surface area is 88.9 Å². The quantitative estimate of drug-likeness (QED) is 0.727. The third-order valence-corrected chi connectivity index (χ3v) is 3.34. The monoisotopic (exact) mass is 205 g/mol. The second-order valence-electron chi connectivity index (χ2n) is 4.18. The molecule has 1 saturated carbocycles. The van der Waals surface area contributed by atoms with Gasteiger partial charge in [0, 0.05) is 5.69 Å². The summed E-state index contributed by atoms with van der Waals surface area (Å²) in [5, 5.41) is 9.39. The first-order valence-corrected chi connectivity index (χ1v) is 5.25. The Balaban J connectivity index is 2.50. The number of carboxylic acid groups (broad SMARTS) is 1. The summed E-state index contributed by atoms with van der Waals surface area (Å²) in [6, 6.07) is 7.31. The molecule has 1 aromatic rings. The van der Waals surface area contributed by atoms with Gasteiger partial charge < -0.3 is 10.8 Å². The van der Waals surface area contributed by atoms with Crippen LogP contribution in [0.3, 0.4) is 0 Å². The molecular weight excluding hydrogens is 190 g/mol. The fourth-order valence-corrected chi connectivity index (χ4v) is 2.51. The minimum Gasteiger partial charge on any atom is -0.481 e. The zero-order valence-corrected chi connectivity index (χ0v) is 8.57. The van der Waals surface area contributed by atoms with Gasteiger partial charge in [-0.3, -0.25) is 4.79 Å². The van der Waals surface area contributed by atoms with Crippen LogP contribution < -0.4 is 5.73 Å². The molecule has 1 aliphatic carbocycles. The number of benzene rings is 1. The van der Waals surface area contributed by atoms with Gasteiger partial charge in [0.2, 0.25) is 0 Å². The number of para-hydroxylation sites is 1. The molecule has 0 aliphatic heterocycles. The highest BCUT2D eigenvalue weighted by atomic mass is 16.4. The average Bonchev–Trinajstić information content (AvgIpc) is 2.68. The van der Waals surface area contributed by atoms with E-state index >= 15 is 0 Å². The van der Waals surface area contributed by atoms with E-state index in [2.05, 4.69) is 0 Å². The second kappa shape index (κ2) is 3.57. The molecule has 1 aliphatic rings. The molecule has 0 saturated heterocycles. The first-order valence-electron chi connectivity index (χ1n) is 5.25. The molecule has 0 radical (unpaired) electrons. The Hall–Kier alpha value is -1.51. The van der Waals surface area contributed by atoms with E-state index in [0.29, 0.717) is 18.5 Å². The molecule has 0 heterocycles. The summed E-state index contributed by atoms with van der Waals surface area (Å²) < 4.78 is 0. The Kier molecular flexibility index (Phi) is 2.39. The van der Waals surface area contributed by atoms with Crippen LogP contribution in [0, 0.1) is 0 Å². The lowest BCUT2D eigenvalue weighted by Crippen LogP contribution is -2.33. The average molecular weight is 205 g/mol. The highest BCUT2D eigenvalue weighted by molar-refractivity contribution is 5.84. The maximum atomic E-state index is 11.4. The third kappa shape index (κ3) is 1.48. The minimum atomic E-state index is -0.738. The molecule has 15 heavy (non-hydrogen) atoms. The van der Waals surface area contributed by atoms with Crippen LogP contribution >= 0.6 is 0 Å². The lowest BCUT2D eigenvalue weighted by atomic mass is 9.78. The van der Waals surface area contributed by atoms with Gasteiger partial charge in [0.25, 0.3) is 0 Å². The van der Waals surface area contributed by atoms with Crippen molar-refractivity contribution in [2.24, 2.45) is 0 Å². The van der Waals surface area contributed by atoms with E-state index in [1.54, 1.807) is 6.07 Å². The van der Waals surface area contributed by atoms with Crippen LogP contribution in [0.25, 0.3) is 0 Å². The van der Waals surface area contributed by atoms with Crippen molar-refractivity contribution >= 4 is 11.7 Å². The zero-order chi connectivity index (χ0) is 10.9. The third-order valence-electron chi connectivity index (χ3n) is 3.34. The van der Waals surface area contributed by atoms with E-state index in [4.69, 9.17) is 5.73 Å². The van der Waals surface area contributed by atoms with Gasteiger partial charge in [0.15, 0.2) is 0 Å². The topological polar surface area (TPSA) is 63.3 Å². The maximum absolute atomic E-state index is 11.4. The Morgan fingerprint density at radius 1 is 1.27 bits per heavy atom. The number of nitrogens with two attached hydrogens (primary N) is 1. The van der Waals surface area contributed by atoms with Gasteiger partial charge in [-0.05, 0) is 24.5 Å². The highest BCUT2D eigenvalue weighted by Crippen LogP contribution is 2.43. The van der Waals surface area contributed by atoms with Gasteiger partial charge in [-0.1, -0.05) is 31.0 Å². The fourth-order valence-electron chi connectivity index (χ4n) is 2.51. The van der Waals surface area contributed by atoms with Crippen molar-refractivity contribution in [2.75, 3.05) is 5.73 Å². The SMILES string of the molecule is Nc1ccccc1C1(C(=O)O)CCCC1. The largest absolute Gasteiger partial charge is 0.481 e. The highest BCUT2D eigenvalue weighted by Gasteiger charge is 2.43. The Morgan fingerprint density at radius 3 is 2.40 bits per heavy atom. The molecule has 1 aromatic carbocycles. The maximum Gasteiger partial charge on any atom is 0.314 e. The summed E-state index contributed by atoms with van der Waals surface area (Å²) in [5.74, 6) is -0.738. The number of nitrogen functional groups attached to an aromatic ring is 1. The number of carbonyl (C=O) groups is 1. The Morgan fingerprint density at radius 2 is 1.87 bits per heavy atom. The van der Waals surface area contributed by atoms with Crippen LogP contribution in [0.1, 0.15) is 31.2 Å². The fraction of sp³-hybridized carbons (Fsp3) is 0.417. The summed E-state index contributed by atoms with van der Waals surface area (Å²) in [6.07, 6.45) is 3.36. The molecule has 3 N–H and O–H groups in total. The smallest absolute Gasteiger partial charge is 0.314 e. The lowest BCUT2D eigenvalue weighted by Gasteiger charge is -2.25. The molecule has 1 fully saturated rings. The number of anilines is 1. The van der Waals surface area contributed by atoms with Crippen LogP contribution in [0.15, 0.2) is 24.3 Å². The summed E-state index contributed by atoms with van der Waals surface area (Å²) in [4.78, 5) is 11.4. The minimum absolute atomic E-state index is 0.599. The number of carboxylic acids is 1. The second-order valence-corrected chi connectivity index (χ2v) is 4.18. The van der Waals surface area contributed by atoms with Crippen molar-refractivity contribution in [1.82, 2.24) is 0 Å². The summed E-state index contributed by atoms with van der Waals surface area (Å²) in [6.45, 7) is 0. The first kappa shape index (κ1) is 10.0. The van der Waals surface area contributed by atoms with Crippen molar-refractivity contribution in [3.05, 3.63) is 29.8 Å². The van der Waals surface area contributed by atoms with Crippen molar-refractivity contribution in [3.8, 4) is 0 Å². The van der Waals surface area contributed by atoms with Crippen molar-refractivity contribution in [3.63, 3.8) is 0 Å². The van der Waals surface area contributed by atoms with Crippen LogP contribution in [-0.4, -0.2) is 11.1 Å². The van der Waals surface area contributed by atoms with Gasteiger partial charge in [-0.2, -0.15) is 0 Å². The van der Waals surface area contributed by atoms with Gasteiger partial charge in [-0.15, -0.1) is 0 Å². The standard InChI is InChI=1S/C12H15NO2/c13-10-6-2-1-5-9(10)12(11(14)15)7-3-4-8-12/h1-2,5-6H,3-4,7-8,13H2,(H,14,15). The molecule has 3 heteroatoms. The molecule has 2 rings (SSSR count). The molecule has 80 valence electrons. The van der Waals surface area contributed by atoms with Crippen molar-refractivity contribution < 1.29 is 9.90 Å². The van der Waals surface area contributed by atoms with Gasteiger partial charge >= 0.3 is 5.97 Å². The van der Waals surface area contributed by atoms with Crippen LogP contribution in [0.5, 0.6) is 0 Å². The number of hydrogen-bond donors (Lipinski definition) is 2. The summed E-state index contributed by atoms with van der Waals surface area (Å²) in [5.41, 5.74) is 6.52. The van der Waals surface area contributed by atoms with Crippen LogP contribution in [-0.2, 0) is 10.2 Å². The van der Waals surface area contributed by atoms with Gasteiger partial charge in [-0.25, -0.2) is 0 Å². The molecule has 0 aromatic heterocycles. The van der Waals surface area contributed by atoms with Crippen LogP contribution in [0.4, 0.5) is 5.69 Å². The molecule has 0 spiro atoms. The predicted octanol–water partition coefficient (Wildman–Crippen LogP) is 2.17. The zero-order valence-electron chi connectivity index (χ0n) is 8.57. The molecule has 3 nitrogen and oxygen atoms in total. The number of hydrogen-bond acceptors (Lipinski definition) is 2. The van der Waals surface area contributed by atoms with E-state index in [-0.39, 0.29) is 0 Å². The molecule has 0 atom stereocenters. The van der Waals surface area contributed by atoms with E-state index < -0.39 is 11.4 Å². The first-order chi connectivity index (χ1) is 7.17. The van der Waals surface area contributed by atoms with Gasteiger partial charge in [0.05, 0.1) is 5.41 Å². The molecular formula is C12H15NO2. The van der Waals surface area contributed by atoms with E-state index in [0.717, 1.165) is 18.4 Å². The normalized spacial score (nSPS) is 18.9. The summed E-state index contributed by atoms with van der Waals surface area (Å²) in [7, 11) is 0. The lowest BCUT2D eigenvalue weighted by molar-refractivity contribution is -0.143. The van der Waals surface area contributed by atoms with E-state index in [9.17, 15) is 9.90 Å². The summed E-state index contributed by atoms with van der Waals surface area (Å²) >= 11 is 0. The van der Waals surface area contributed by atoms with Gasteiger partial charge in [0.1, 0.15) is 0 Å². The van der Waals surface area contributed by atoms with E-state index in [1.165, 1.54) is 0 Å². The molecule has 0 bridgehead atoms. The molecule has 0 amide bonds. The van der Waals surface area contributed by atoms with Crippen LogP contribution in [0.2, 0.25) is 0 Å². The van der Waals surface area contributed by atoms with E-state index in [1.807, 2.05) is 18.2 Å². The Bertz CT molecular complexity index is 381. The van der Waals surface area contributed by atoms with Crippen molar-refractivity contribution in [1.29, 1.82) is 0 Å². The number of rotatable bonds is 2. The predicted molar refractivity (Wildman–Crippen MR) is 58.6 cm³/mol. The molecule has 0 unspecified atom stereocenters. The number of aliphatic carboxylic acids is 1.